The van der Waals surface area contributed by atoms with E-state index in [0.717, 1.165) is 6.42 Å². The van der Waals surface area contributed by atoms with Gasteiger partial charge in [-0.15, -0.1) is 0 Å². The maximum absolute atomic E-state index is 12.4. The first-order valence-electron chi connectivity index (χ1n) is 9.73. The first kappa shape index (κ1) is 30.3. The van der Waals surface area contributed by atoms with Gasteiger partial charge in [-0.2, -0.15) is 0 Å². The molecule has 2 aliphatic heterocycles. The van der Waals surface area contributed by atoms with Gasteiger partial charge in [-0.1, -0.05) is 13.0 Å². The van der Waals surface area contributed by atoms with Gasteiger partial charge in [-0.25, -0.2) is 0 Å². The zero-order chi connectivity index (χ0) is 20.2. The predicted molar refractivity (Wildman–Crippen MR) is 99.2 cm³/mol. The minimum atomic E-state index is -4.29. The van der Waals surface area contributed by atoms with Gasteiger partial charge in [-0.05, 0) is 40.7 Å². The van der Waals surface area contributed by atoms with Gasteiger partial charge in [0.05, 0.1) is 43.2 Å². The number of nitrogens with one attached hydrogen (secondary N) is 1. The summed E-state index contributed by atoms with van der Waals surface area (Å²) in [4.78, 5) is 12.4. The minimum Gasteiger partial charge on any atom is -0.766 e. The van der Waals surface area contributed by atoms with E-state index in [2.05, 4.69) is 5.09 Å². The Labute approximate surface area is 203 Å². The standard InChI is InChI=1S/C18H35NO7P.2W/c1-11(2)22-10-18-16(8-14(6)25-18)26-27(20,21)19-9-17-15(23-12(3)4)7-13(5)24-17;;/h8,11-18H,7,9-10H2,1-6H3,(H2,19,20,21);;/q-1;;/p-1/t13-,14-,15+,16+,17+,18+;;/m0../s1. The minimum absolute atomic E-state index is 0. The quantitative estimate of drug-likeness (QED) is 0.266. The van der Waals surface area contributed by atoms with E-state index in [4.69, 9.17) is 23.5 Å². The summed E-state index contributed by atoms with van der Waals surface area (Å²) in [5.74, 6) is 0. The van der Waals surface area contributed by atoms with Crippen molar-refractivity contribution >= 4 is 7.75 Å². The third-order valence-corrected chi connectivity index (χ3v) is 5.48. The molecule has 172 valence electrons. The van der Waals surface area contributed by atoms with Crippen molar-refractivity contribution in [2.45, 2.75) is 96.8 Å². The van der Waals surface area contributed by atoms with E-state index in [1.54, 1.807) is 6.42 Å². The second kappa shape index (κ2) is 13.8. The number of ether oxygens (including phenoxy) is 4. The average molecular weight is 775 g/mol. The van der Waals surface area contributed by atoms with Crippen molar-refractivity contribution in [2.24, 2.45) is 0 Å². The van der Waals surface area contributed by atoms with Crippen LogP contribution in [0.5, 0.6) is 0 Å². The fraction of sp³-hybridized carbons (Fsp3) is 0.944. The molecule has 1 unspecified atom stereocenters. The number of hydrogen-bond donors (Lipinski definition) is 1. The molecule has 0 saturated carbocycles. The number of hydrogen-bond acceptors (Lipinski definition) is 7. The SMILES string of the molecule is CC(C)OC[C@H]1O[C@@H](C)[CH-][C@H]1OP(=O)([O-])NC[C@H]1O[C@@H](C)C[C@H]1OC(C)C.[W].[W]. The maximum atomic E-state index is 12.4. The average Bonchev–Trinajstić information content (AvgIpc) is 3.04. The second-order valence-corrected chi connectivity index (χ2v) is 9.35. The Kier molecular flexibility index (Phi) is 14.4. The largest absolute Gasteiger partial charge is 0.766 e. The topological polar surface area (TPSA) is 98.3 Å². The van der Waals surface area contributed by atoms with E-state index in [-0.39, 0.29) is 91.9 Å². The summed E-state index contributed by atoms with van der Waals surface area (Å²) < 4.78 is 40.6. The second-order valence-electron chi connectivity index (χ2n) is 7.83. The molecule has 2 fully saturated rings. The Hall–Kier alpha value is 1.33. The van der Waals surface area contributed by atoms with Gasteiger partial charge in [0.1, 0.15) is 0 Å². The van der Waals surface area contributed by atoms with Gasteiger partial charge in [-0.3, -0.25) is 16.1 Å². The van der Waals surface area contributed by atoms with Crippen LogP contribution in [0.2, 0.25) is 0 Å². The molecular formula is C18H34NO7PW2-2. The van der Waals surface area contributed by atoms with E-state index in [1.807, 2.05) is 41.5 Å². The van der Waals surface area contributed by atoms with Gasteiger partial charge in [0.25, 0.3) is 0 Å². The van der Waals surface area contributed by atoms with E-state index >= 15 is 0 Å². The van der Waals surface area contributed by atoms with Gasteiger partial charge < -0.3 is 28.4 Å². The van der Waals surface area contributed by atoms with Crippen molar-refractivity contribution in [3.63, 3.8) is 0 Å². The van der Waals surface area contributed by atoms with Crippen LogP contribution >= 0.6 is 7.75 Å². The summed E-state index contributed by atoms with van der Waals surface area (Å²) in [7, 11) is -4.29. The molecule has 2 saturated heterocycles. The smallest absolute Gasteiger partial charge is 0.202 e. The summed E-state index contributed by atoms with van der Waals surface area (Å²) >= 11 is 0. The Morgan fingerprint density at radius 3 is 2.38 bits per heavy atom. The molecule has 2 heterocycles. The Bertz CT molecular complexity index is 515. The normalized spacial score (nSPS) is 34.1. The Morgan fingerprint density at radius 1 is 1.14 bits per heavy atom. The molecule has 7 atom stereocenters. The molecule has 0 aliphatic carbocycles. The van der Waals surface area contributed by atoms with Gasteiger partial charge in [0.2, 0.25) is 7.75 Å². The molecule has 0 aromatic carbocycles. The molecule has 0 amide bonds. The van der Waals surface area contributed by atoms with Gasteiger partial charge in [0.15, 0.2) is 0 Å². The molecule has 29 heavy (non-hydrogen) atoms. The van der Waals surface area contributed by atoms with Crippen molar-refractivity contribution < 1.29 is 75.1 Å². The van der Waals surface area contributed by atoms with Crippen LogP contribution in [0.15, 0.2) is 0 Å². The third-order valence-electron chi connectivity index (χ3n) is 4.39. The molecule has 2 aliphatic rings. The zero-order valence-corrected chi connectivity index (χ0v) is 24.7. The molecule has 2 rings (SSSR count). The first-order valence-corrected chi connectivity index (χ1v) is 11.3. The summed E-state index contributed by atoms with van der Waals surface area (Å²) in [6, 6.07) is 0. The first-order chi connectivity index (χ1) is 12.6. The Morgan fingerprint density at radius 2 is 1.79 bits per heavy atom. The Balaban J connectivity index is 0.00000392. The molecular weight excluding hydrogens is 741 g/mol. The zero-order valence-electron chi connectivity index (χ0n) is 17.9. The molecule has 0 spiro atoms. The van der Waals surface area contributed by atoms with Crippen molar-refractivity contribution in [3.8, 4) is 0 Å². The van der Waals surface area contributed by atoms with Crippen LogP contribution in [0.3, 0.4) is 0 Å². The summed E-state index contributed by atoms with van der Waals surface area (Å²) in [6.07, 6.45) is 0.784. The van der Waals surface area contributed by atoms with Gasteiger partial charge >= 0.3 is 0 Å². The van der Waals surface area contributed by atoms with Crippen LogP contribution in [-0.4, -0.2) is 62.0 Å². The van der Waals surface area contributed by atoms with Crippen LogP contribution in [-0.2, 0) is 70.2 Å². The van der Waals surface area contributed by atoms with Crippen molar-refractivity contribution in [1.82, 2.24) is 5.09 Å². The molecule has 8 nitrogen and oxygen atoms in total. The van der Waals surface area contributed by atoms with Crippen molar-refractivity contribution in [2.75, 3.05) is 13.2 Å². The van der Waals surface area contributed by atoms with Crippen LogP contribution in [0.1, 0.15) is 48.0 Å². The van der Waals surface area contributed by atoms with E-state index in [9.17, 15) is 9.46 Å². The molecule has 0 bridgehead atoms. The summed E-state index contributed by atoms with van der Waals surface area (Å²) in [6.45, 7) is 11.9. The van der Waals surface area contributed by atoms with Crippen LogP contribution in [0.25, 0.3) is 0 Å². The fourth-order valence-corrected chi connectivity index (χ4v) is 4.31. The van der Waals surface area contributed by atoms with E-state index in [0.29, 0.717) is 0 Å². The predicted octanol–water partition coefficient (Wildman–Crippen LogP) is 1.81. The van der Waals surface area contributed by atoms with Crippen LogP contribution < -0.4 is 9.98 Å². The fourth-order valence-electron chi connectivity index (χ4n) is 3.31. The van der Waals surface area contributed by atoms with E-state index in [1.165, 1.54) is 0 Å². The number of rotatable bonds is 10. The summed E-state index contributed by atoms with van der Waals surface area (Å²) in [5, 5.41) is 2.51. The van der Waals surface area contributed by atoms with Crippen molar-refractivity contribution in [3.05, 3.63) is 6.42 Å². The van der Waals surface area contributed by atoms with Crippen LogP contribution in [0, 0.1) is 6.42 Å². The van der Waals surface area contributed by atoms with Gasteiger partial charge in [0, 0.05) is 55.1 Å². The molecule has 1 N–H and O–H groups in total. The third kappa shape index (κ3) is 10.7. The monoisotopic (exact) mass is 775 g/mol. The molecule has 0 aromatic heterocycles. The van der Waals surface area contributed by atoms with E-state index < -0.39 is 20.0 Å². The molecule has 11 heteroatoms. The molecule has 0 radical (unpaired) electrons. The summed E-state index contributed by atoms with van der Waals surface area (Å²) in [5.41, 5.74) is 0. The maximum Gasteiger partial charge on any atom is 0.202 e. The van der Waals surface area contributed by atoms with Crippen LogP contribution in [0.4, 0.5) is 0 Å². The van der Waals surface area contributed by atoms with Crippen molar-refractivity contribution in [1.29, 1.82) is 0 Å². The molecule has 0 aromatic rings.